The predicted octanol–water partition coefficient (Wildman–Crippen LogP) is 3.24. The van der Waals surface area contributed by atoms with Gasteiger partial charge in [-0.3, -0.25) is 4.79 Å². The smallest absolute Gasteiger partial charge is 0.233 e. The first kappa shape index (κ1) is 21.1. The average Bonchev–Trinajstić information content (AvgIpc) is 3.19. The molecule has 2 aliphatic rings. The Bertz CT molecular complexity index is 1090. The van der Waals surface area contributed by atoms with Crippen molar-refractivity contribution < 1.29 is 18.7 Å². The molecule has 32 heavy (non-hydrogen) atoms. The zero-order valence-electron chi connectivity index (χ0n) is 18.1. The molecule has 1 unspecified atom stereocenters. The summed E-state index contributed by atoms with van der Waals surface area (Å²) in [5, 5.41) is 4.32. The summed E-state index contributed by atoms with van der Waals surface area (Å²) in [5.41, 5.74) is 1.85. The second kappa shape index (κ2) is 9.00. The standard InChI is InChI=1S/C25H28FN3O3/c26-22-6-2-1-5-21(22)25(8-13-31-14-9-25)24(30)28-12-15-32-18-19(17-28)16-20-4-3-11-29-23(20)7-10-27-29/h1-7,10-11,19H,8-9,12-18H2. The molecule has 6 nitrogen and oxygen atoms in total. The number of nitrogens with zero attached hydrogens (tertiary/aromatic N) is 3. The van der Waals surface area contributed by atoms with E-state index in [0.29, 0.717) is 57.9 Å². The molecule has 2 saturated heterocycles. The Kier molecular flexibility index (Phi) is 5.93. The minimum atomic E-state index is -0.885. The molecule has 0 aliphatic carbocycles. The number of amides is 1. The highest BCUT2D eigenvalue weighted by Gasteiger charge is 2.46. The number of halogens is 1. The van der Waals surface area contributed by atoms with E-state index in [-0.39, 0.29) is 17.6 Å². The van der Waals surface area contributed by atoms with E-state index in [4.69, 9.17) is 9.47 Å². The van der Waals surface area contributed by atoms with Gasteiger partial charge in [0.15, 0.2) is 0 Å². The first-order chi connectivity index (χ1) is 15.7. The molecule has 4 heterocycles. The molecule has 0 spiro atoms. The Balaban J connectivity index is 1.41. The number of ether oxygens (including phenoxy) is 2. The van der Waals surface area contributed by atoms with E-state index in [2.05, 4.69) is 11.2 Å². The van der Waals surface area contributed by atoms with Gasteiger partial charge < -0.3 is 14.4 Å². The lowest BCUT2D eigenvalue weighted by Crippen LogP contribution is -2.51. The largest absolute Gasteiger partial charge is 0.381 e. The summed E-state index contributed by atoms with van der Waals surface area (Å²) >= 11 is 0. The molecule has 3 aromatic rings. The topological polar surface area (TPSA) is 56.1 Å². The molecule has 1 aromatic carbocycles. The lowest BCUT2D eigenvalue weighted by molar-refractivity contribution is -0.142. The van der Waals surface area contributed by atoms with Gasteiger partial charge >= 0.3 is 0 Å². The SMILES string of the molecule is O=C(N1CCOCC(Cc2cccn3nccc23)C1)C1(c2ccccc2F)CCOCC1. The first-order valence-corrected chi connectivity index (χ1v) is 11.3. The second-order valence-electron chi connectivity index (χ2n) is 8.77. The van der Waals surface area contributed by atoms with Crippen LogP contribution < -0.4 is 0 Å². The van der Waals surface area contributed by atoms with Crippen molar-refractivity contribution in [1.82, 2.24) is 14.5 Å². The molecule has 2 aromatic heterocycles. The van der Waals surface area contributed by atoms with E-state index < -0.39 is 5.41 Å². The molecule has 2 fully saturated rings. The number of rotatable bonds is 4. The Morgan fingerprint density at radius 3 is 2.78 bits per heavy atom. The van der Waals surface area contributed by atoms with Gasteiger partial charge in [0.2, 0.25) is 5.91 Å². The molecule has 0 saturated carbocycles. The molecule has 1 atom stereocenters. The molecule has 2 aliphatic heterocycles. The van der Waals surface area contributed by atoms with Crippen LogP contribution in [0.4, 0.5) is 4.39 Å². The number of benzene rings is 1. The summed E-state index contributed by atoms with van der Waals surface area (Å²) in [4.78, 5) is 15.9. The van der Waals surface area contributed by atoms with Crippen LogP contribution in [0, 0.1) is 11.7 Å². The minimum absolute atomic E-state index is 0.0102. The van der Waals surface area contributed by atoms with Gasteiger partial charge in [0.1, 0.15) is 5.82 Å². The molecular formula is C25H28FN3O3. The van der Waals surface area contributed by atoms with Gasteiger partial charge in [0.05, 0.1) is 24.1 Å². The number of carbonyl (C=O) groups is 1. The fourth-order valence-electron chi connectivity index (χ4n) is 5.16. The number of hydrogen-bond donors (Lipinski definition) is 0. The normalized spacial score (nSPS) is 21.4. The quantitative estimate of drug-likeness (QED) is 0.629. The third-order valence-corrected chi connectivity index (χ3v) is 6.80. The van der Waals surface area contributed by atoms with Crippen molar-refractivity contribution in [2.45, 2.75) is 24.7 Å². The maximum atomic E-state index is 14.9. The molecular weight excluding hydrogens is 409 g/mol. The van der Waals surface area contributed by atoms with Gasteiger partial charge in [-0.1, -0.05) is 24.3 Å². The van der Waals surface area contributed by atoms with Crippen molar-refractivity contribution in [3.05, 3.63) is 71.8 Å². The highest BCUT2D eigenvalue weighted by atomic mass is 19.1. The van der Waals surface area contributed by atoms with Crippen LogP contribution in [0.5, 0.6) is 0 Å². The molecule has 168 valence electrons. The van der Waals surface area contributed by atoms with Crippen LogP contribution in [0.1, 0.15) is 24.0 Å². The minimum Gasteiger partial charge on any atom is -0.381 e. The Morgan fingerprint density at radius 2 is 1.94 bits per heavy atom. The van der Waals surface area contributed by atoms with Crippen LogP contribution in [0.2, 0.25) is 0 Å². The van der Waals surface area contributed by atoms with Crippen molar-refractivity contribution in [1.29, 1.82) is 0 Å². The third kappa shape index (κ3) is 3.91. The van der Waals surface area contributed by atoms with Gasteiger partial charge in [-0.15, -0.1) is 0 Å². The summed E-state index contributed by atoms with van der Waals surface area (Å²) in [6.45, 7) is 3.10. The first-order valence-electron chi connectivity index (χ1n) is 11.3. The summed E-state index contributed by atoms with van der Waals surface area (Å²) in [5.74, 6) is -0.179. The number of carbonyl (C=O) groups excluding carboxylic acids is 1. The van der Waals surface area contributed by atoms with E-state index in [9.17, 15) is 9.18 Å². The van der Waals surface area contributed by atoms with Gasteiger partial charge in [-0.05, 0) is 43.0 Å². The highest BCUT2D eigenvalue weighted by molar-refractivity contribution is 5.88. The molecule has 1 amide bonds. The van der Waals surface area contributed by atoms with E-state index >= 15 is 0 Å². The van der Waals surface area contributed by atoms with E-state index in [1.807, 2.05) is 33.8 Å². The lowest BCUT2D eigenvalue weighted by Gasteiger charge is -2.40. The zero-order valence-corrected chi connectivity index (χ0v) is 18.1. The predicted molar refractivity (Wildman–Crippen MR) is 118 cm³/mol. The maximum Gasteiger partial charge on any atom is 0.233 e. The summed E-state index contributed by atoms with van der Waals surface area (Å²) in [7, 11) is 0. The summed E-state index contributed by atoms with van der Waals surface area (Å²) in [6.07, 6.45) is 5.49. The lowest BCUT2D eigenvalue weighted by atomic mass is 9.72. The molecule has 7 heteroatoms. The fraction of sp³-hybridized carbons (Fsp3) is 0.440. The molecule has 5 rings (SSSR count). The third-order valence-electron chi connectivity index (χ3n) is 6.80. The van der Waals surface area contributed by atoms with Gasteiger partial charge in [-0.25, -0.2) is 8.91 Å². The van der Waals surface area contributed by atoms with Crippen LogP contribution in [0.3, 0.4) is 0 Å². The number of fused-ring (bicyclic) bond motifs is 1. The second-order valence-corrected chi connectivity index (χ2v) is 8.77. The van der Waals surface area contributed by atoms with Crippen LogP contribution in [0.25, 0.3) is 5.52 Å². The van der Waals surface area contributed by atoms with Crippen molar-refractivity contribution in [3.63, 3.8) is 0 Å². The Morgan fingerprint density at radius 1 is 1.09 bits per heavy atom. The van der Waals surface area contributed by atoms with Gasteiger partial charge in [0, 0.05) is 50.2 Å². The van der Waals surface area contributed by atoms with Crippen molar-refractivity contribution in [3.8, 4) is 0 Å². The van der Waals surface area contributed by atoms with Gasteiger partial charge in [0.25, 0.3) is 0 Å². The summed E-state index contributed by atoms with van der Waals surface area (Å²) < 4.78 is 28.2. The fourth-order valence-corrected chi connectivity index (χ4v) is 5.16. The van der Waals surface area contributed by atoms with Crippen molar-refractivity contribution in [2.75, 3.05) is 39.5 Å². The van der Waals surface area contributed by atoms with Crippen LogP contribution in [-0.4, -0.2) is 59.9 Å². The number of aromatic nitrogens is 2. The van der Waals surface area contributed by atoms with E-state index in [1.54, 1.807) is 18.3 Å². The van der Waals surface area contributed by atoms with Gasteiger partial charge in [-0.2, -0.15) is 5.10 Å². The average molecular weight is 438 g/mol. The molecule has 0 N–H and O–H groups in total. The zero-order chi connectivity index (χ0) is 22.0. The van der Waals surface area contributed by atoms with Crippen LogP contribution in [0.15, 0.2) is 54.9 Å². The Labute approximate surface area is 186 Å². The number of pyridine rings is 1. The molecule has 0 radical (unpaired) electrons. The molecule has 0 bridgehead atoms. The number of hydrogen-bond acceptors (Lipinski definition) is 4. The van der Waals surface area contributed by atoms with E-state index in [0.717, 1.165) is 11.9 Å². The highest BCUT2D eigenvalue weighted by Crippen LogP contribution is 2.38. The maximum absolute atomic E-state index is 14.9. The van der Waals surface area contributed by atoms with Crippen LogP contribution >= 0.6 is 0 Å². The van der Waals surface area contributed by atoms with Crippen molar-refractivity contribution in [2.24, 2.45) is 5.92 Å². The monoisotopic (exact) mass is 437 g/mol. The van der Waals surface area contributed by atoms with Crippen molar-refractivity contribution >= 4 is 11.4 Å². The van der Waals surface area contributed by atoms with E-state index in [1.165, 1.54) is 11.6 Å². The Hall–Kier alpha value is -2.77. The summed E-state index contributed by atoms with van der Waals surface area (Å²) in [6, 6.07) is 12.8. The van der Waals surface area contributed by atoms with Crippen LogP contribution in [-0.2, 0) is 26.1 Å².